The number of fused-ring (bicyclic) bond motifs is 1. The number of ether oxygens (including phenoxy) is 1. The van der Waals surface area contributed by atoms with Crippen LogP contribution in [0.1, 0.15) is 16.2 Å². The highest BCUT2D eigenvalue weighted by Gasteiger charge is 2.16. The lowest BCUT2D eigenvalue weighted by Gasteiger charge is -1.95. The summed E-state index contributed by atoms with van der Waals surface area (Å²) in [7, 11) is 1.58. The SMILES string of the molecule is COc1ccc2oc(C(=O)c3ccccc3)nc2c1. The van der Waals surface area contributed by atoms with Gasteiger partial charge in [-0.1, -0.05) is 30.3 Å². The van der Waals surface area contributed by atoms with Gasteiger partial charge in [-0.2, -0.15) is 0 Å². The van der Waals surface area contributed by atoms with Crippen molar-refractivity contribution in [3.8, 4) is 5.75 Å². The van der Waals surface area contributed by atoms with Crippen molar-refractivity contribution >= 4 is 16.9 Å². The van der Waals surface area contributed by atoms with Crippen molar-refractivity contribution in [3.05, 3.63) is 60.0 Å². The molecule has 2 aromatic carbocycles. The van der Waals surface area contributed by atoms with Crippen molar-refractivity contribution in [3.63, 3.8) is 0 Å². The molecule has 1 heterocycles. The van der Waals surface area contributed by atoms with Crippen LogP contribution in [-0.2, 0) is 0 Å². The Labute approximate surface area is 109 Å². The van der Waals surface area contributed by atoms with Gasteiger partial charge in [0.05, 0.1) is 7.11 Å². The number of hydrogen-bond donors (Lipinski definition) is 0. The molecule has 0 amide bonds. The minimum absolute atomic E-state index is 0.0921. The van der Waals surface area contributed by atoms with Crippen LogP contribution in [0.4, 0.5) is 0 Å². The summed E-state index contributed by atoms with van der Waals surface area (Å²) in [5.41, 5.74) is 1.74. The number of carbonyl (C=O) groups excluding carboxylic acids is 1. The first kappa shape index (κ1) is 11.5. The van der Waals surface area contributed by atoms with Crippen LogP contribution in [-0.4, -0.2) is 17.9 Å². The molecule has 0 fully saturated rings. The first-order valence-corrected chi connectivity index (χ1v) is 5.82. The van der Waals surface area contributed by atoms with E-state index >= 15 is 0 Å². The Bertz CT molecular complexity index is 731. The van der Waals surface area contributed by atoms with Gasteiger partial charge in [-0.15, -0.1) is 0 Å². The van der Waals surface area contributed by atoms with Crippen LogP contribution in [0.15, 0.2) is 52.9 Å². The average Bonchev–Trinajstić information content (AvgIpc) is 2.90. The van der Waals surface area contributed by atoms with Crippen LogP contribution in [0.2, 0.25) is 0 Å². The fourth-order valence-corrected chi connectivity index (χ4v) is 1.84. The molecule has 4 nitrogen and oxygen atoms in total. The predicted molar refractivity (Wildman–Crippen MR) is 70.4 cm³/mol. The topological polar surface area (TPSA) is 52.3 Å². The van der Waals surface area contributed by atoms with Crippen molar-refractivity contribution in [2.45, 2.75) is 0 Å². The van der Waals surface area contributed by atoms with Gasteiger partial charge in [-0.25, -0.2) is 4.98 Å². The summed E-state index contributed by atoms with van der Waals surface area (Å²) in [4.78, 5) is 16.4. The van der Waals surface area contributed by atoms with Gasteiger partial charge in [-0.3, -0.25) is 4.79 Å². The molecule has 3 rings (SSSR count). The number of nitrogens with zero attached hydrogens (tertiary/aromatic N) is 1. The van der Waals surface area contributed by atoms with Gasteiger partial charge in [0.25, 0.3) is 5.89 Å². The van der Waals surface area contributed by atoms with E-state index in [0.717, 1.165) is 0 Å². The van der Waals surface area contributed by atoms with E-state index in [2.05, 4.69) is 4.98 Å². The zero-order valence-electron chi connectivity index (χ0n) is 10.3. The second-order valence-electron chi connectivity index (χ2n) is 4.05. The summed E-state index contributed by atoms with van der Waals surface area (Å²) < 4.78 is 10.6. The third kappa shape index (κ3) is 2.08. The van der Waals surface area contributed by atoms with Gasteiger partial charge < -0.3 is 9.15 Å². The van der Waals surface area contributed by atoms with Crippen LogP contribution in [0.3, 0.4) is 0 Å². The summed E-state index contributed by atoms with van der Waals surface area (Å²) >= 11 is 0. The highest BCUT2D eigenvalue weighted by molar-refractivity contribution is 6.06. The summed E-state index contributed by atoms with van der Waals surface area (Å²) in [6.45, 7) is 0. The maximum Gasteiger partial charge on any atom is 0.269 e. The number of rotatable bonds is 3. The van der Waals surface area contributed by atoms with Gasteiger partial charge in [0, 0.05) is 11.6 Å². The molecule has 0 aliphatic rings. The molecular formula is C15H11NO3. The third-order valence-corrected chi connectivity index (χ3v) is 2.82. The Balaban J connectivity index is 2.04. The number of hydrogen-bond acceptors (Lipinski definition) is 4. The summed E-state index contributed by atoms with van der Waals surface area (Å²) in [5.74, 6) is 0.546. The molecule has 1 aromatic heterocycles. The normalized spacial score (nSPS) is 10.6. The first-order valence-electron chi connectivity index (χ1n) is 5.82. The van der Waals surface area contributed by atoms with Crippen molar-refractivity contribution in [1.29, 1.82) is 0 Å². The average molecular weight is 253 g/mol. The number of oxazole rings is 1. The minimum Gasteiger partial charge on any atom is -0.497 e. The largest absolute Gasteiger partial charge is 0.497 e. The van der Waals surface area contributed by atoms with Crippen molar-refractivity contribution in [1.82, 2.24) is 4.98 Å². The Kier molecular flexibility index (Phi) is 2.76. The monoisotopic (exact) mass is 253 g/mol. The maximum atomic E-state index is 12.2. The Morgan fingerprint density at radius 3 is 2.68 bits per heavy atom. The van der Waals surface area contributed by atoms with Crippen molar-refractivity contribution in [2.75, 3.05) is 7.11 Å². The zero-order chi connectivity index (χ0) is 13.2. The number of aromatic nitrogens is 1. The molecule has 0 atom stereocenters. The van der Waals surface area contributed by atoms with Crippen LogP contribution in [0.25, 0.3) is 11.1 Å². The van der Waals surface area contributed by atoms with Gasteiger partial charge in [0.2, 0.25) is 5.78 Å². The van der Waals surface area contributed by atoms with E-state index in [-0.39, 0.29) is 11.7 Å². The molecule has 19 heavy (non-hydrogen) atoms. The summed E-state index contributed by atoms with van der Waals surface area (Å²) in [6, 6.07) is 14.2. The Hall–Kier alpha value is -2.62. The van der Waals surface area contributed by atoms with Crippen molar-refractivity contribution < 1.29 is 13.9 Å². The predicted octanol–water partition coefficient (Wildman–Crippen LogP) is 3.07. The molecule has 3 aromatic rings. The van der Waals surface area contributed by atoms with Crippen LogP contribution >= 0.6 is 0 Å². The van der Waals surface area contributed by atoms with E-state index in [1.807, 2.05) is 6.07 Å². The highest BCUT2D eigenvalue weighted by atomic mass is 16.5. The lowest BCUT2D eigenvalue weighted by molar-refractivity contribution is 0.100. The molecule has 94 valence electrons. The minimum atomic E-state index is -0.226. The lowest BCUT2D eigenvalue weighted by Crippen LogP contribution is -2.00. The van der Waals surface area contributed by atoms with E-state index in [4.69, 9.17) is 9.15 Å². The fourth-order valence-electron chi connectivity index (χ4n) is 1.84. The highest BCUT2D eigenvalue weighted by Crippen LogP contribution is 2.22. The Morgan fingerprint density at radius 1 is 1.16 bits per heavy atom. The number of methoxy groups -OCH3 is 1. The van der Waals surface area contributed by atoms with Gasteiger partial charge >= 0.3 is 0 Å². The molecule has 0 spiro atoms. The lowest BCUT2D eigenvalue weighted by atomic mass is 10.1. The molecule has 0 unspecified atom stereocenters. The Morgan fingerprint density at radius 2 is 1.95 bits per heavy atom. The number of ketones is 1. The van der Waals surface area contributed by atoms with Gasteiger partial charge in [-0.05, 0) is 12.1 Å². The van der Waals surface area contributed by atoms with Gasteiger partial charge in [0.15, 0.2) is 5.58 Å². The molecule has 0 N–H and O–H groups in total. The van der Waals surface area contributed by atoms with E-state index in [1.165, 1.54) is 0 Å². The van der Waals surface area contributed by atoms with E-state index < -0.39 is 0 Å². The second-order valence-corrected chi connectivity index (χ2v) is 4.05. The van der Waals surface area contributed by atoms with Gasteiger partial charge in [0.1, 0.15) is 11.3 Å². The zero-order valence-corrected chi connectivity index (χ0v) is 10.3. The fraction of sp³-hybridized carbons (Fsp3) is 0.0667. The number of carbonyl (C=O) groups is 1. The number of benzene rings is 2. The smallest absolute Gasteiger partial charge is 0.269 e. The molecular weight excluding hydrogens is 242 g/mol. The molecule has 0 radical (unpaired) electrons. The van der Waals surface area contributed by atoms with E-state index in [1.54, 1.807) is 49.6 Å². The second kappa shape index (κ2) is 4.57. The summed E-state index contributed by atoms with van der Waals surface area (Å²) in [5, 5.41) is 0. The molecule has 0 bridgehead atoms. The maximum absolute atomic E-state index is 12.2. The van der Waals surface area contributed by atoms with E-state index in [9.17, 15) is 4.79 Å². The molecule has 4 heteroatoms. The quantitative estimate of drug-likeness (QED) is 0.673. The molecule has 0 aliphatic carbocycles. The third-order valence-electron chi connectivity index (χ3n) is 2.82. The van der Waals surface area contributed by atoms with Crippen molar-refractivity contribution in [2.24, 2.45) is 0 Å². The first-order chi connectivity index (χ1) is 9.28. The standard InChI is InChI=1S/C15H11NO3/c1-18-11-7-8-13-12(9-11)16-15(19-13)14(17)10-5-3-2-4-6-10/h2-9H,1H3. The molecule has 0 aliphatic heterocycles. The van der Waals surface area contributed by atoms with Crippen LogP contribution < -0.4 is 4.74 Å². The van der Waals surface area contributed by atoms with Crippen LogP contribution in [0, 0.1) is 0 Å². The van der Waals surface area contributed by atoms with Crippen LogP contribution in [0.5, 0.6) is 5.75 Å². The summed E-state index contributed by atoms with van der Waals surface area (Å²) in [6.07, 6.45) is 0. The molecule has 0 saturated heterocycles. The molecule has 0 saturated carbocycles. The van der Waals surface area contributed by atoms with E-state index in [0.29, 0.717) is 22.4 Å².